The molecule has 3 aromatic carbocycles. The van der Waals surface area contributed by atoms with Crippen molar-refractivity contribution in [1.82, 2.24) is 10.2 Å². The van der Waals surface area contributed by atoms with Gasteiger partial charge in [0.1, 0.15) is 12.4 Å². The highest BCUT2D eigenvalue weighted by Gasteiger charge is 2.39. The Balaban J connectivity index is 1.21. The van der Waals surface area contributed by atoms with Crippen LogP contribution in [0.4, 0.5) is 9.18 Å². The number of carbonyl (C=O) groups excluding carboxylic acids is 1. The molecule has 1 fully saturated rings. The quantitative estimate of drug-likeness (QED) is 0.435. The van der Waals surface area contributed by atoms with Gasteiger partial charge < -0.3 is 19.7 Å². The largest absolute Gasteiger partial charge is 0.493 e. The molecular formula is C29H29FN2O3. The number of carbonyl (C=O) groups is 1. The monoisotopic (exact) mass is 472 g/mol. The lowest BCUT2D eigenvalue weighted by Crippen LogP contribution is -2.49. The number of rotatable bonds is 7. The van der Waals surface area contributed by atoms with Gasteiger partial charge in [-0.05, 0) is 54.2 Å². The van der Waals surface area contributed by atoms with Gasteiger partial charge in [0.05, 0.1) is 19.7 Å². The second kappa shape index (κ2) is 10.2. The molecule has 2 bridgehead atoms. The van der Waals surface area contributed by atoms with E-state index >= 15 is 0 Å². The Bertz CT molecular complexity index is 1230. The number of ether oxygens (including phenoxy) is 2. The fraction of sp³-hybridized carbons (Fsp3) is 0.276. The zero-order valence-corrected chi connectivity index (χ0v) is 19.7. The van der Waals surface area contributed by atoms with Gasteiger partial charge in [-0.15, -0.1) is 0 Å². The molecule has 180 valence electrons. The molecule has 0 aromatic heterocycles. The first-order valence-electron chi connectivity index (χ1n) is 12.0. The normalized spacial score (nSPS) is 18.7. The number of para-hydroxylation sites is 2. The first-order valence-corrected chi connectivity index (χ1v) is 12.0. The van der Waals surface area contributed by atoms with Crippen molar-refractivity contribution in [1.29, 1.82) is 0 Å². The summed E-state index contributed by atoms with van der Waals surface area (Å²) in [5, 5.41) is 2.98. The van der Waals surface area contributed by atoms with Crippen molar-refractivity contribution in [3.05, 3.63) is 90.3 Å². The molecule has 1 saturated heterocycles. The number of nitrogens with zero attached hydrogens (tertiary/aromatic N) is 1. The summed E-state index contributed by atoms with van der Waals surface area (Å²) < 4.78 is 26.0. The predicted octanol–water partition coefficient (Wildman–Crippen LogP) is 5.91. The molecule has 3 aromatic rings. The minimum atomic E-state index is -0.225. The number of benzene rings is 3. The van der Waals surface area contributed by atoms with Crippen molar-refractivity contribution >= 4 is 11.6 Å². The molecule has 2 heterocycles. The number of nitrogens with one attached hydrogen (secondary N) is 1. The third kappa shape index (κ3) is 4.87. The van der Waals surface area contributed by atoms with E-state index in [9.17, 15) is 9.18 Å². The number of fused-ring (bicyclic) bond motifs is 2. The summed E-state index contributed by atoms with van der Waals surface area (Å²) in [7, 11) is 1.60. The van der Waals surface area contributed by atoms with Crippen molar-refractivity contribution in [2.24, 2.45) is 0 Å². The van der Waals surface area contributed by atoms with Gasteiger partial charge in [-0.25, -0.2) is 9.18 Å². The Kier molecular flexibility index (Phi) is 6.70. The molecule has 1 N–H and O–H groups in total. The summed E-state index contributed by atoms with van der Waals surface area (Å²) >= 11 is 0. The Morgan fingerprint density at radius 2 is 1.77 bits per heavy atom. The average molecular weight is 473 g/mol. The van der Waals surface area contributed by atoms with Crippen LogP contribution in [0.25, 0.3) is 16.7 Å². The van der Waals surface area contributed by atoms with Crippen molar-refractivity contribution < 1.29 is 18.7 Å². The molecule has 35 heavy (non-hydrogen) atoms. The van der Waals surface area contributed by atoms with Crippen LogP contribution in [0.1, 0.15) is 24.8 Å². The maximum Gasteiger partial charge on any atom is 0.318 e. The van der Waals surface area contributed by atoms with E-state index in [2.05, 4.69) is 11.4 Å². The third-order valence-electron chi connectivity index (χ3n) is 6.76. The van der Waals surface area contributed by atoms with Crippen LogP contribution in [0.5, 0.6) is 11.5 Å². The first kappa shape index (κ1) is 23.0. The average Bonchev–Trinajstić information content (AvgIpc) is 3.16. The van der Waals surface area contributed by atoms with Crippen molar-refractivity contribution in [2.45, 2.75) is 31.3 Å². The molecule has 2 atom stereocenters. The molecule has 2 aliphatic rings. The van der Waals surface area contributed by atoms with Crippen LogP contribution >= 0.6 is 0 Å². The Labute approximate surface area is 205 Å². The number of hydrogen-bond acceptors (Lipinski definition) is 3. The van der Waals surface area contributed by atoms with Gasteiger partial charge in [0.15, 0.2) is 11.5 Å². The molecule has 0 saturated carbocycles. The van der Waals surface area contributed by atoms with Crippen LogP contribution in [0.2, 0.25) is 0 Å². The summed E-state index contributed by atoms with van der Waals surface area (Å²) in [6.45, 7) is 0.749. The van der Waals surface area contributed by atoms with Crippen LogP contribution in [0.3, 0.4) is 0 Å². The second-order valence-electron chi connectivity index (χ2n) is 8.89. The molecule has 2 amide bonds. The van der Waals surface area contributed by atoms with Crippen LogP contribution in [-0.2, 0) is 0 Å². The summed E-state index contributed by atoms with van der Waals surface area (Å²) in [4.78, 5) is 14.9. The number of urea groups is 1. The van der Waals surface area contributed by atoms with E-state index in [4.69, 9.17) is 9.47 Å². The Hall–Kier alpha value is -3.80. The number of hydrogen-bond donors (Lipinski definition) is 1. The number of halogens is 1. The second-order valence-corrected chi connectivity index (χ2v) is 8.89. The number of amides is 2. The highest BCUT2D eigenvalue weighted by molar-refractivity contribution is 5.79. The summed E-state index contributed by atoms with van der Waals surface area (Å²) in [5.41, 5.74) is 3.47. The summed E-state index contributed by atoms with van der Waals surface area (Å²) in [5.74, 6) is 1.09. The van der Waals surface area contributed by atoms with Gasteiger partial charge in [0.2, 0.25) is 0 Å². The van der Waals surface area contributed by atoms with Crippen molar-refractivity contribution in [2.75, 3.05) is 20.3 Å². The zero-order valence-electron chi connectivity index (χ0n) is 19.7. The molecule has 0 spiro atoms. The van der Waals surface area contributed by atoms with Crippen LogP contribution < -0.4 is 14.8 Å². The maximum absolute atomic E-state index is 14.9. The molecule has 2 unspecified atom stereocenters. The van der Waals surface area contributed by atoms with Gasteiger partial charge in [-0.1, -0.05) is 60.7 Å². The lowest BCUT2D eigenvalue weighted by Gasteiger charge is -2.34. The SMILES string of the molecule is COc1ccccc1OCCNC(=O)N1C2C=C(c3ccc(-c4ccccc4)c(F)c3)CC1CC2. The highest BCUT2D eigenvalue weighted by Crippen LogP contribution is 2.39. The molecule has 5 nitrogen and oxygen atoms in total. The Morgan fingerprint density at radius 1 is 1.00 bits per heavy atom. The van der Waals surface area contributed by atoms with E-state index in [-0.39, 0.29) is 23.9 Å². The minimum absolute atomic E-state index is 0.0238. The van der Waals surface area contributed by atoms with E-state index in [1.165, 1.54) is 0 Å². The van der Waals surface area contributed by atoms with Gasteiger partial charge in [-0.2, -0.15) is 0 Å². The van der Waals surface area contributed by atoms with E-state index in [1.54, 1.807) is 13.2 Å². The zero-order chi connectivity index (χ0) is 24.2. The Morgan fingerprint density at radius 3 is 2.51 bits per heavy atom. The fourth-order valence-corrected chi connectivity index (χ4v) is 5.08. The van der Waals surface area contributed by atoms with Crippen LogP contribution in [0.15, 0.2) is 78.9 Å². The predicted molar refractivity (Wildman–Crippen MR) is 135 cm³/mol. The van der Waals surface area contributed by atoms with Crippen molar-refractivity contribution in [3.8, 4) is 22.6 Å². The van der Waals surface area contributed by atoms with E-state index in [0.717, 1.165) is 36.0 Å². The van der Waals surface area contributed by atoms with Gasteiger partial charge in [0.25, 0.3) is 0 Å². The molecule has 2 aliphatic heterocycles. The molecular weight excluding hydrogens is 443 g/mol. The lowest BCUT2D eigenvalue weighted by molar-refractivity contribution is 0.177. The molecule has 5 rings (SSSR count). The van der Waals surface area contributed by atoms with Gasteiger partial charge >= 0.3 is 6.03 Å². The van der Waals surface area contributed by atoms with Crippen LogP contribution in [0, 0.1) is 5.82 Å². The third-order valence-corrected chi connectivity index (χ3v) is 6.76. The lowest BCUT2D eigenvalue weighted by atomic mass is 9.93. The van der Waals surface area contributed by atoms with Crippen LogP contribution in [-0.4, -0.2) is 43.3 Å². The topological polar surface area (TPSA) is 50.8 Å². The van der Waals surface area contributed by atoms with E-state index in [0.29, 0.717) is 30.2 Å². The number of methoxy groups -OCH3 is 1. The summed E-state index contributed by atoms with van der Waals surface area (Å²) in [6, 6.07) is 22.5. The summed E-state index contributed by atoms with van der Waals surface area (Å²) in [6.07, 6.45) is 4.72. The van der Waals surface area contributed by atoms with Gasteiger partial charge in [-0.3, -0.25) is 0 Å². The first-order chi connectivity index (χ1) is 17.1. The smallest absolute Gasteiger partial charge is 0.318 e. The molecule has 0 radical (unpaired) electrons. The minimum Gasteiger partial charge on any atom is -0.493 e. The molecule has 0 aliphatic carbocycles. The maximum atomic E-state index is 14.9. The standard InChI is InChI=1S/C29H29FN2O3/c1-34-27-9-5-6-10-28(27)35-16-15-31-29(33)32-23-12-13-24(32)18-22(17-23)21-11-14-25(26(30)19-21)20-7-3-2-4-8-20/h2-11,14,17,19,23-24H,12-13,15-16,18H2,1H3,(H,31,33). The fourth-order valence-electron chi connectivity index (χ4n) is 5.08. The van der Waals surface area contributed by atoms with Gasteiger partial charge in [0, 0.05) is 11.6 Å². The highest BCUT2D eigenvalue weighted by atomic mass is 19.1. The molecule has 6 heteroatoms. The van der Waals surface area contributed by atoms with E-state index in [1.807, 2.05) is 71.6 Å². The van der Waals surface area contributed by atoms with E-state index < -0.39 is 0 Å². The van der Waals surface area contributed by atoms with Crippen molar-refractivity contribution in [3.63, 3.8) is 0 Å².